The summed E-state index contributed by atoms with van der Waals surface area (Å²) in [7, 11) is -4.28. The van der Waals surface area contributed by atoms with Crippen molar-refractivity contribution in [2.45, 2.75) is 161 Å². The van der Waals surface area contributed by atoms with E-state index in [1.54, 1.807) is 0 Å². The highest BCUT2D eigenvalue weighted by molar-refractivity contribution is 7.47. The lowest BCUT2D eigenvalue weighted by atomic mass is 10.1. The topological polar surface area (TPSA) is 117 Å². The maximum atomic E-state index is 12.5. The van der Waals surface area contributed by atoms with Crippen molar-refractivity contribution in [3.8, 4) is 0 Å². The number of unbranched alkanes of at least 4 members (excludes halogenated alkanes) is 15. The van der Waals surface area contributed by atoms with Crippen LogP contribution in [0.1, 0.15) is 155 Å². The Hall–Kier alpha value is -1.54. The molecule has 0 amide bonds. The van der Waals surface area contributed by atoms with E-state index >= 15 is 0 Å². The molecular weight excluding hydrogens is 625 g/mol. The molecule has 2 unspecified atom stereocenters. The van der Waals surface area contributed by atoms with E-state index in [0.29, 0.717) is 13.0 Å². The molecule has 48 heavy (non-hydrogen) atoms. The number of phosphoric acid groups is 1. The zero-order valence-electron chi connectivity index (χ0n) is 30.7. The van der Waals surface area contributed by atoms with Crippen LogP contribution in [-0.4, -0.2) is 49.9 Å². The van der Waals surface area contributed by atoms with E-state index in [-0.39, 0.29) is 32.3 Å². The van der Waals surface area contributed by atoms with Crippen molar-refractivity contribution in [3.05, 3.63) is 48.6 Å². The van der Waals surface area contributed by atoms with Crippen LogP contribution in [-0.2, 0) is 27.9 Å². The van der Waals surface area contributed by atoms with Gasteiger partial charge in [0.25, 0.3) is 0 Å². The van der Waals surface area contributed by atoms with Gasteiger partial charge in [0.2, 0.25) is 0 Å². The van der Waals surface area contributed by atoms with E-state index in [1.165, 1.54) is 64.2 Å². The molecule has 3 N–H and O–H groups in total. The number of carbonyl (C=O) groups excluding carboxylic acids is 1. The lowest BCUT2D eigenvalue weighted by molar-refractivity contribution is -0.154. The molecule has 2 atom stereocenters. The molecule has 280 valence electrons. The van der Waals surface area contributed by atoms with Crippen molar-refractivity contribution in [1.29, 1.82) is 0 Å². The van der Waals surface area contributed by atoms with Crippen molar-refractivity contribution in [3.63, 3.8) is 0 Å². The van der Waals surface area contributed by atoms with E-state index in [9.17, 15) is 14.3 Å². The van der Waals surface area contributed by atoms with Crippen molar-refractivity contribution >= 4 is 13.8 Å². The predicted molar refractivity (Wildman–Crippen MR) is 201 cm³/mol. The van der Waals surface area contributed by atoms with Crippen LogP contribution in [0.5, 0.6) is 0 Å². The molecule has 0 rings (SSSR count). The van der Waals surface area contributed by atoms with Crippen molar-refractivity contribution in [2.75, 3.05) is 33.0 Å². The summed E-state index contributed by atoms with van der Waals surface area (Å²) in [4.78, 5) is 22.4. The van der Waals surface area contributed by atoms with Gasteiger partial charge in [-0.2, -0.15) is 0 Å². The van der Waals surface area contributed by atoms with Gasteiger partial charge in [-0.15, -0.1) is 0 Å². The number of ether oxygens (including phenoxy) is 2. The predicted octanol–water partition coefficient (Wildman–Crippen LogP) is 10.9. The Balaban J connectivity index is 4.14. The summed E-state index contributed by atoms with van der Waals surface area (Å²) in [6.45, 7) is 4.76. The fraction of sp³-hybridized carbons (Fsp3) is 0.769. The second kappa shape index (κ2) is 36.7. The first kappa shape index (κ1) is 46.5. The summed E-state index contributed by atoms with van der Waals surface area (Å²) in [6, 6.07) is 0. The molecule has 0 aromatic carbocycles. The van der Waals surface area contributed by atoms with Gasteiger partial charge >= 0.3 is 13.8 Å². The third-order valence-corrected chi connectivity index (χ3v) is 8.74. The summed E-state index contributed by atoms with van der Waals surface area (Å²) in [5, 5.41) is 0. The fourth-order valence-corrected chi connectivity index (χ4v) is 5.75. The quantitative estimate of drug-likeness (QED) is 0.0287. The monoisotopic (exact) mass is 698 g/mol. The normalized spacial score (nSPS) is 14.2. The third-order valence-electron chi connectivity index (χ3n) is 7.76. The van der Waals surface area contributed by atoms with Crippen LogP contribution >= 0.6 is 7.82 Å². The highest BCUT2D eigenvalue weighted by Gasteiger charge is 2.25. The molecule has 0 aromatic rings. The van der Waals surface area contributed by atoms with Gasteiger partial charge in [0.1, 0.15) is 6.10 Å². The standard InChI is InChI=1S/C39H72NO7P/c1-3-5-7-9-11-13-15-17-18-19-20-21-22-24-26-28-30-32-39(41)47-38(37-46-48(42,43)45-35-33-40)36-44-34-31-29-27-25-23-16-14-12-10-8-6-4-2/h5,7,11,13,17-18,20-21,38H,3-4,6,8-10,12,14-16,19,22-37,40H2,1-2H3,(H,42,43)/b7-5-,13-11-,18-17-,21-20-. The second-order valence-corrected chi connectivity index (χ2v) is 13.9. The smallest absolute Gasteiger partial charge is 0.457 e. The average Bonchev–Trinajstić information content (AvgIpc) is 3.07. The van der Waals surface area contributed by atoms with E-state index in [1.807, 2.05) is 0 Å². The molecule has 0 bridgehead atoms. The molecule has 0 saturated heterocycles. The van der Waals surface area contributed by atoms with Crippen LogP contribution in [0.15, 0.2) is 48.6 Å². The average molecular weight is 698 g/mol. The Kier molecular flexibility index (Phi) is 35.6. The van der Waals surface area contributed by atoms with E-state index in [2.05, 4.69) is 62.5 Å². The minimum Gasteiger partial charge on any atom is -0.457 e. The van der Waals surface area contributed by atoms with Gasteiger partial charge in [-0.05, 0) is 51.4 Å². The summed E-state index contributed by atoms with van der Waals surface area (Å²) < 4.78 is 33.3. The number of phosphoric ester groups is 1. The van der Waals surface area contributed by atoms with Crippen LogP contribution in [0.4, 0.5) is 0 Å². The second-order valence-electron chi connectivity index (χ2n) is 12.4. The number of hydrogen-bond acceptors (Lipinski definition) is 7. The van der Waals surface area contributed by atoms with E-state index < -0.39 is 13.9 Å². The minimum atomic E-state index is -4.28. The van der Waals surface area contributed by atoms with Gasteiger partial charge < -0.3 is 20.1 Å². The van der Waals surface area contributed by atoms with E-state index in [0.717, 1.165) is 70.6 Å². The van der Waals surface area contributed by atoms with Crippen molar-refractivity contribution in [2.24, 2.45) is 5.73 Å². The Morgan fingerprint density at radius 2 is 1.17 bits per heavy atom. The molecule has 0 aromatic heterocycles. The number of carbonyl (C=O) groups is 1. The van der Waals surface area contributed by atoms with E-state index in [4.69, 9.17) is 24.3 Å². The number of allylic oxidation sites excluding steroid dienone is 8. The van der Waals surface area contributed by atoms with Gasteiger partial charge in [0, 0.05) is 19.6 Å². The number of nitrogens with two attached hydrogens (primary N) is 1. The van der Waals surface area contributed by atoms with Gasteiger partial charge in [-0.25, -0.2) is 4.57 Å². The molecule has 0 saturated carbocycles. The molecular formula is C39H72NO7P. The number of rotatable bonds is 36. The van der Waals surface area contributed by atoms with Gasteiger partial charge in [-0.1, -0.05) is 146 Å². The first-order chi connectivity index (χ1) is 23.4. The van der Waals surface area contributed by atoms with Crippen LogP contribution in [0.2, 0.25) is 0 Å². The maximum absolute atomic E-state index is 12.5. The molecule has 0 aliphatic heterocycles. The molecule has 0 aliphatic rings. The van der Waals surface area contributed by atoms with Crippen molar-refractivity contribution in [1.82, 2.24) is 0 Å². The summed E-state index contributed by atoms with van der Waals surface area (Å²) >= 11 is 0. The lowest BCUT2D eigenvalue weighted by Crippen LogP contribution is -2.28. The molecule has 0 aliphatic carbocycles. The van der Waals surface area contributed by atoms with Crippen LogP contribution in [0, 0.1) is 0 Å². The molecule has 0 fully saturated rings. The minimum absolute atomic E-state index is 0.0952. The number of hydrogen-bond donors (Lipinski definition) is 2. The molecule has 8 nitrogen and oxygen atoms in total. The Morgan fingerprint density at radius 3 is 1.75 bits per heavy atom. The summed E-state index contributed by atoms with van der Waals surface area (Å²) in [5.41, 5.74) is 5.35. The maximum Gasteiger partial charge on any atom is 0.472 e. The summed E-state index contributed by atoms with van der Waals surface area (Å²) in [6.07, 6.45) is 41.2. The Morgan fingerprint density at radius 1 is 0.646 bits per heavy atom. The van der Waals surface area contributed by atoms with Gasteiger partial charge in [0.15, 0.2) is 0 Å². The first-order valence-electron chi connectivity index (χ1n) is 19.1. The highest BCUT2D eigenvalue weighted by Crippen LogP contribution is 2.43. The van der Waals surface area contributed by atoms with Crippen LogP contribution in [0.25, 0.3) is 0 Å². The zero-order valence-corrected chi connectivity index (χ0v) is 31.6. The Bertz CT molecular complexity index is 874. The van der Waals surface area contributed by atoms with Crippen LogP contribution < -0.4 is 5.73 Å². The molecule has 0 radical (unpaired) electrons. The third kappa shape index (κ3) is 35.8. The molecule has 9 heteroatoms. The van der Waals surface area contributed by atoms with Crippen LogP contribution in [0.3, 0.4) is 0 Å². The molecule has 0 spiro atoms. The fourth-order valence-electron chi connectivity index (χ4n) is 4.99. The lowest BCUT2D eigenvalue weighted by Gasteiger charge is -2.20. The van der Waals surface area contributed by atoms with Crippen molar-refractivity contribution < 1.29 is 32.8 Å². The SMILES string of the molecule is CC/C=C\C/C=C\C/C=C\C/C=C\CCCCCCC(=O)OC(COCCCCCCCCCCCCCC)COP(=O)(O)OCCN. The zero-order chi connectivity index (χ0) is 35.2. The molecule has 0 heterocycles. The largest absolute Gasteiger partial charge is 0.472 e. The van der Waals surface area contributed by atoms with Gasteiger partial charge in [-0.3, -0.25) is 13.8 Å². The number of esters is 1. The summed E-state index contributed by atoms with van der Waals surface area (Å²) in [5.74, 6) is -0.354. The first-order valence-corrected chi connectivity index (χ1v) is 20.6. The highest BCUT2D eigenvalue weighted by atomic mass is 31.2. The van der Waals surface area contributed by atoms with Gasteiger partial charge in [0.05, 0.1) is 19.8 Å². The Labute approximate surface area is 294 Å².